The molecule has 2 atom stereocenters. The Labute approximate surface area is 166 Å². The second kappa shape index (κ2) is 8.27. The van der Waals surface area contributed by atoms with E-state index in [1.165, 1.54) is 12.0 Å². The molecular formula is C22H28N4O2. The SMILES string of the molecule is Cc1ccc(OC(C)C(=O)N2CCc3nc(C4CCCNC4)ncc3C2)cc1. The molecule has 1 aromatic heterocycles. The molecule has 2 aromatic rings. The minimum absolute atomic E-state index is 0.00628. The fourth-order valence-electron chi connectivity index (χ4n) is 3.92. The van der Waals surface area contributed by atoms with Crippen molar-refractivity contribution in [2.45, 2.75) is 51.7 Å². The first-order valence-electron chi connectivity index (χ1n) is 10.2. The topological polar surface area (TPSA) is 67.3 Å². The number of carbonyl (C=O) groups is 1. The van der Waals surface area contributed by atoms with E-state index in [0.717, 1.165) is 48.8 Å². The molecule has 0 spiro atoms. The van der Waals surface area contributed by atoms with Gasteiger partial charge in [0.05, 0.1) is 5.69 Å². The van der Waals surface area contributed by atoms with E-state index < -0.39 is 6.10 Å². The summed E-state index contributed by atoms with van der Waals surface area (Å²) in [5.74, 6) is 2.08. The van der Waals surface area contributed by atoms with Gasteiger partial charge in [-0.15, -0.1) is 0 Å². The maximum atomic E-state index is 12.8. The van der Waals surface area contributed by atoms with E-state index in [4.69, 9.17) is 9.72 Å². The lowest BCUT2D eigenvalue weighted by atomic mass is 9.98. The molecule has 0 aliphatic carbocycles. The maximum absolute atomic E-state index is 12.8. The van der Waals surface area contributed by atoms with Crippen molar-refractivity contribution in [3.63, 3.8) is 0 Å². The molecule has 6 nitrogen and oxygen atoms in total. The van der Waals surface area contributed by atoms with Crippen LogP contribution >= 0.6 is 0 Å². The lowest BCUT2D eigenvalue weighted by Gasteiger charge is -2.31. The normalized spacial score (nSPS) is 20.4. The summed E-state index contributed by atoms with van der Waals surface area (Å²) < 4.78 is 5.84. The van der Waals surface area contributed by atoms with Gasteiger partial charge in [0.2, 0.25) is 0 Å². The number of piperidine rings is 1. The summed E-state index contributed by atoms with van der Waals surface area (Å²) in [4.78, 5) is 24.1. The maximum Gasteiger partial charge on any atom is 0.263 e. The number of nitrogens with zero attached hydrogens (tertiary/aromatic N) is 3. The predicted molar refractivity (Wildman–Crippen MR) is 107 cm³/mol. The number of nitrogens with one attached hydrogen (secondary N) is 1. The molecule has 1 aromatic carbocycles. The van der Waals surface area contributed by atoms with Gasteiger partial charge in [0.15, 0.2) is 6.10 Å². The highest BCUT2D eigenvalue weighted by atomic mass is 16.5. The molecule has 2 aliphatic rings. The van der Waals surface area contributed by atoms with Crippen LogP contribution in [0.4, 0.5) is 0 Å². The largest absolute Gasteiger partial charge is 0.481 e. The lowest BCUT2D eigenvalue weighted by molar-refractivity contribution is -0.138. The molecule has 3 heterocycles. The number of fused-ring (bicyclic) bond motifs is 1. The van der Waals surface area contributed by atoms with Gasteiger partial charge >= 0.3 is 0 Å². The van der Waals surface area contributed by atoms with Crippen molar-refractivity contribution in [1.82, 2.24) is 20.2 Å². The molecule has 0 radical (unpaired) electrons. The minimum Gasteiger partial charge on any atom is -0.481 e. The van der Waals surface area contributed by atoms with Crippen LogP contribution in [0.25, 0.3) is 0 Å². The highest BCUT2D eigenvalue weighted by Gasteiger charge is 2.28. The van der Waals surface area contributed by atoms with Crippen molar-refractivity contribution in [2.75, 3.05) is 19.6 Å². The van der Waals surface area contributed by atoms with E-state index in [9.17, 15) is 4.79 Å². The third-order valence-corrected chi connectivity index (χ3v) is 5.61. The number of aryl methyl sites for hydroxylation is 1. The van der Waals surface area contributed by atoms with Crippen molar-refractivity contribution >= 4 is 5.91 Å². The van der Waals surface area contributed by atoms with Crippen LogP contribution in [-0.2, 0) is 17.8 Å². The first-order chi connectivity index (χ1) is 13.6. The van der Waals surface area contributed by atoms with E-state index in [0.29, 0.717) is 19.0 Å². The summed E-state index contributed by atoms with van der Waals surface area (Å²) >= 11 is 0. The van der Waals surface area contributed by atoms with Gasteiger partial charge in [-0.05, 0) is 45.4 Å². The summed E-state index contributed by atoms with van der Waals surface area (Å²) in [5, 5.41) is 3.42. The van der Waals surface area contributed by atoms with Crippen molar-refractivity contribution in [2.24, 2.45) is 0 Å². The Balaban J connectivity index is 1.40. The van der Waals surface area contributed by atoms with Crippen molar-refractivity contribution in [1.29, 1.82) is 0 Å². The Kier molecular flexibility index (Phi) is 5.57. The molecule has 148 valence electrons. The Bertz CT molecular complexity index is 831. The lowest BCUT2D eigenvalue weighted by Crippen LogP contribution is -2.43. The summed E-state index contributed by atoms with van der Waals surface area (Å²) in [5.41, 5.74) is 3.31. The smallest absolute Gasteiger partial charge is 0.263 e. The van der Waals surface area contributed by atoms with Gasteiger partial charge in [-0.2, -0.15) is 0 Å². The van der Waals surface area contributed by atoms with Gasteiger partial charge in [0.25, 0.3) is 5.91 Å². The second-order valence-corrected chi connectivity index (χ2v) is 7.83. The molecule has 6 heteroatoms. The molecule has 1 N–H and O–H groups in total. The Morgan fingerprint density at radius 1 is 1.32 bits per heavy atom. The number of hydrogen-bond donors (Lipinski definition) is 1. The van der Waals surface area contributed by atoms with Crippen LogP contribution in [-0.4, -0.2) is 46.5 Å². The average molecular weight is 380 g/mol. The molecule has 0 saturated carbocycles. The molecular weight excluding hydrogens is 352 g/mol. The van der Waals surface area contributed by atoms with Crippen molar-refractivity contribution < 1.29 is 9.53 Å². The van der Waals surface area contributed by atoms with Crippen LogP contribution in [0.1, 0.15) is 48.3 Å². The van der Waals surface area contributed by atoms with Crippen LogP contribution in [0.15, 0.2) is 30.5 Å². The third kappa shape index (κ3) is 4.17. The Morgan fingerprint density at radius 3 is 2.89 bits per heavy atom. The highest BCUT2D eigenvalue weighted by Crippen LogP contribution is 2.24. The van der Waals surface area contributed by atoms with Gasteiger partial charge in [-0.25, -0.2) is 9.97 Å². The number of rotatable bonds is 4. The molecule has 1 amide bonds. The van der Waals surface area contributed by atoms with Gasteiger partial charge in [-0.3, -0.25) is 4.79 Å². The fourth-order valence-corrected chi connectivity index (χ4v) is 3.92. The van der Waals surface area contributed by atoms with Crippen LogP contribution in [0.2, 0.25) is 0 Å². The standard InChI is InChI=1S/C22H28N4O2/c1-15-5-7-19(8-6-15)28-16(2)22(27)26-11-9-20-18(14-26)13-24-21(25-20)17-4-3-10-23-12-17/h5-8,13,16-17,23H,3-4,9-12,14H2,1-2H3. The average Bonchev–Trinajstić information content (AvgIpc) is 2.74. The van der Waals surface area contributed by atoms with Crippen LogP contribution in [0, 0.1) is 6.92 Å². The van der Waals surface area contributed by atoms with Crippen molar-refractivity contribution in [3.8, 4) is 5.75 Å². The number of amides is 1. The van der Waals surface area contributed by atoms with Crippen LogP contribution in [0.5, 0.6) is 5.75 Å². The Morgan fingerprint density at radius 2 is 2.14 bits per heavy atom. The highest BCUT2D eigenvalue weighted by molar-refractivity contribution is 5.81. The monoisotopic (exact) mass is 380 g/mol. The quantitative estimate of drug-likeness (QED) is 0.883. The summed E-state index contributed by atoms with van der Waals surface area (Å²) in [7, 11) is 0. The number of ether oxygens (including phenoxy) is 1. The predicted octanol–water partition coefficient (Wildman–Crippen LogP) is 2.60. The molecule has 1 saturated heterocycles. The van der Waals surface area contributed by atoms with Crippen LogP contribution in [0.3, 0.4) is 0 Å². The molecule has 2 unspecified atom stereocenters. The minimum atomic E-state index is -0.516. The molecule has 1 fully saturated rings. The summed E-state index contributed by atoms with van der Waals surface area (Å²) in [6.07, 6.45) is 4.49. The second-order valence-electron chi connectivity index (χ2n) is 7.83. The first-order valence-corrected chi connectivity index (χ1v) is 10.2. The van der Waals surface area contributed by atoms with Gasteiger partial charge in [0.1, 0.15) is 11.6 Å². The van der Waals surface area contributed by atoms with Crippen LogP contribution < -0.4 is 10.1 Å². The number of aromatic nitrogens is 2. The number of hydrogen-bond acceptors (Lipinski definition) is 5. The molecule has 0 bridgehead atoms. The zero-order chi connectivity index (χ0) is 19.5. The molecule has 4 rings (SSSR count). The van der Waals surface area contributed by atoms with Gasteiger partial charge in [-0.1, -0.05) is 17.7 Å². The van der Waals surface area contributed by atoms with Gasteiger partial charge < -0.3 is 15.0 Å². The third-order valence-electron chi connectivity index (χ3n) is 5.61. The summed E-state index contributed by atoms with van der Waals surface area (Å²) in [6, 6.07) is 7.78. The van der Waals surface area contributed by atoms with E-state index in [1.54, 1.807) is 0 Å². The number of carbonyl (C=O) groups excluding carboxylic acids is 1. The van der Waals surface area contributed by atoms with E-state index in [1.807, 2.05) is 49.2 Å². The fraction of sp³-hybridized carbons (Fsp3) is 0.500. The van der Waals surface area contributed by atoms with E-state index in [-0.39, 0.29) is 5.91 Å². The van der Waals surface area contributed by atoms with Gasteiger partial charge in [0, 0.05) is 43.7 Å². The Hall–Kier alpha value is -2.47. The first kappa shape index (κ1) is 18.9. The van der Waals surface area contributed by atoms with Crippen molar-refractivity contribution in [3.05, 3.63) is 53.1 Å². The van der Waals surface area contributed by atoms with E-state index >= 15 is 0 Å². The zero-order valence-electron chi connectivity index (χ0n) is 16.6. The zero-order valence-corrected chi connectivity index (χ0v) is 16.6. The molecule has 28 heavy (non-hydrogen) atoms. The summed E-state index contributed by atoms with van der Waals surface area (Å²) in [6.45, 7) is 7.11. The molecule has 2 aliphatic heterocycles. The number of benzene rings is 1. The van der Waals surface area contributed by atoms with E-state index in [2.05, 4.69) is 10.3 Å².